The summed E-state index contributed by atoms with van der Waals surface area (Å²) in [5, 5.41) is 11.9. The summed E-state index contributed by atoms with van der Waals surface area (Å²) in [6.45, 7) is 1.73. The summed E-state index contributed by atoms with van der Waals surface area (Å²) in [6, 6.07) is 42.9. The molecule has 0 saturated carbocycles. The summed E-state index contributed by atoms with van der Waals surface area (Å²) >= 11 is 0. The van der Waals surface area contributed by atoms with E-state index in [0.29, 0.717) is 31.6 Å². The van der Waals surface area contributed by atoms with Gasteiger partial charge < -0.3 is 19.9 Å². The fourth-order valence-corrected chi connectivity index (χ4v) is 6.99. The third kappa shape index (κ3) is 9.46. The van der Waals surface area contributed by atoms with E-state index in [9.17, 15) is 31.9 Å². The molecule has 1 fully saturated rings. The molecule has 1 saturated heterocycles. The molecule has 3 atom stereocenters. The fourth-order valence-electron chi connectivity index (χ4n) is 6.99. The molecule has 11 heteroatoms. The Bertz CT molecular complexity index is 2240. The second-order valence-electron chi connectivity index (χ2n) is 13.9. The lowest BCUT2D eigenvalue weighted by atomic mass is 9.98. The van der Waals surface area contributed by atoms with Crippen LogP contribution in [0.25, 0.3) is 11.1 Å². The second kappa shape index (κ2) is 18.0. The molecule has 57 heavy (non-hydrogen) atoms. The lowest BCUT2D eigenvalue weighted by molar-refractivity contribution is -0.253. The van der Waals surface area contributed by atoms with Gasteiger partial charge in [0.2, 0.25) is 5.82 Å². The van der Waals surface area contributed by atoms with Crippen LogP contribution >= 0.6 is 0 Å². The highest BCUT2D eigenvalue weighted by molar-refractivity contribution is 5.94. The summed E-state index contributed by atoms with van der Waals surface area (Å²) in [7, 11) is 0. The summed E-state index contributed by atoms with van der Waals surface area (Å²) in [6.07, 6.45) is -0.699. The minimum absolute atomic E-state index is 0.0697. The summed E-state index contributed by atoms with van der Waals surface area (Å²) in [5.41, 5.74) is 5.37. The molecule has 292 valence electrons. The van der Waals surface area contributed by atoms with Crippen LogP contribution in [0.2, 0.25) is 0 Å². The number of halogens is 5. The van der Waals surface area contributed by atoms with E-state index in [4.69, 9.17) is 9.47 Å². The van der Waals surface area contributed by atoms with E-state index in [1.165, 1.54) is 11.1 Å². The average Bonchev–Trinajstić information content (AvgIpc) is 3.25. The van der Waals surface area contributed by atoms with Gasteiger partial charge >= 0.3 is 0 Å². The minimum Gasteiger partial charge on any atom is -0.392 e. The Morgan fingerprint density at radius 2 is 1.18 bits per heavy atom. The van der Waals surface area contributed by atoms with Gasteiger partial charge in [0.25, 0.3) is 5.91 Å². The topological polar surface area (TPSA) is 71.0 Å². The zero-order chi connectivity index (χ0) is 39.9. The standard InChI is InChI=1S/C46H39F5N2O4/c47-40-39(41(48)43(50)44(51)42(40)49)45(55)52-24-32-13-7-14-34(21-32)35-15-8-16-36(22-35)46-56-37(23-38(57-46)33-19-17-31(28-54)18-20-33)27-53(25-29-9-3-1-4-10-29)26-30-11-5-2-6-12-30/h1-22,37-38,46,54H,23-28H2,(H,52,55)/t37-,38+,46+/m1/s1. The largest absolute Gasteiger partial charge is 0.392 e. The van der Waals surface area contributed by atoms with E-state index in [-0.39, 0.29) is 25.4 Å². The number of aliphatic hydroxyl groups is 1. The van der Waals surface area contributed by atoms with Crippen molar-refractivity contribution in [3.63, 3.8) is 0 Å². The number of amides is 1. The first-order valence-corrected chi connectivity index (χ1v) is 18.5. The Labute approximate surface area is 327 Å². The quantitative estimate of drug-likeness (QED) is 0.0695. The number of carbonyl (C=O) groups is 1. The Kier molecular flexibility index (Phi) is 12.5. The number of hydrogen-bond donors (Lipinski definition) is 2. The molecule has 0 aromatic heterocycles. The molecule has 0 bridgehead atoms. The van der Waals surface area contributed by atoms with Crippen molar-refractivity contribution in [1.29, 1.82) is 0 Å². The van der Waals surface area contributed by atoms with E-state index in [1.807, 2.05) is 91.0 Å². The van der Waals surface area contributed by atoms with Gasteiger partial charge in [-0.2, -0.15) is 0 Å². The van der Waals surface area contributed by atoms with Crippen molar-refractivity contribution in [2.45, 2.75) is 51.2 Å². The van der Waals surface area contributed by atoms with Crippen LogP contribution in [0, 0.1) is 29.1 Å². The molecule has 0 radical (unpaired) electrons. The van der Waals surface area contributed by atoms with Gasteiger partial charge in [-0.1, -0.05) is 121 Å². The number of hydrogen-bond acceptors (Lipinski definition) is 5. The normalized spacial score (nSPS) is 16.8. The maximum Gasteiger partial charge on any atom is 0.257 e. The number of carbonyl (C=O) groups excluding carboxylic acids is 1. The smallest absolute Gasteiger partial charge is 0.257 e. The van der Waals surface area contributed by atoms with Gasteiger partial charge in [-0.05, 0) is 51.1 Å². The first-order chi connectivity index (χ1) is 27.7. The van der Waals surface area contributed by atoms with Crippen LogP contribution in [-0.2, 0) is 35.7 Å². The van der Waals surface area contributed by atoms with Crippen LogP contribution in [0.15, 0.2) is 133 Å². The minimum atomic E-state index is -2.34. The van der Waals surface area contributed by atoms with E-state index in [1.54, 1.807) is 18.2 Å². The van der Waals surface area contributed by atoms with E-state index in [0.717, 1.165) is 27.8 Å². The molecule has 1 aliphatic rings. The molecule has 1 aliphatic heterocycles. The first kappa shape index (κ1) is 39.5. The molecule has 6 aromatic rings. The maximum atomic E-state index is 14.3. The van der Waals surface area contributed by atoms with Crippen molar-refractivity contribution in [2.75, 3.05) is 6.54 Å². The lowest BCUT2D eigenvalue weighted by Crippen LogP contribution is -2.39. The molecule has 0 spiro atoms. The Morgan fingerprint density at radius 3 is 1.79 bits per heavy atom. The number of nitrogens with one attached hydrogen (secondary N) is 1. The Hall–Kier alpha value is -5.72. The molecular weight excluding hydrogens is 740 g/mol. The molecule has 6 aromatic carbocycles. The summed E-state index contributed by atoms with van der Waals surface area (Å²) in [5.74, 6) is -12.6. The van der Waals surface area contributed by atoms with Crippen molar-refractivity contribution in [3.05, 3.63) is 201 Å². The molecular formula is C46H39F5N2O4. The first-order valence-electron chi connectivity index (χ1n) is 18.5. The van der Waals surface area contributed by atoms with Gasteiger partial charge in [-0.15, -0.1) is 0 Å². The molecule has 7 rings (SSSR count). The molecule has 6 nitrogen and oxygen atoms in total. The van der Waals surface area contributed by atoms with Crippen molar-refractivity contribution in [1.82, 2.24) is 10.2 Å². The predicted molar refractivity (Wildman–Crippen MR) is 205 cm³/mol. The number of aliphatic hydroxyl groups excluding tert-OH is 1. The van der Waals surface area contributed by atoms with Crippen LogP contribution in [0.1, 0.15) is 62.6 Å². The van der Waals surface area contributed by atoms with E-state index in [2.05, 4.69) is 34.5 Å². The van der Waals surface area contributed by atoms with Crippen LogP contribution in [0.5, 0.6) is 0 Å². The molecule has 1 amide bonds. The van der Waals surface area contributed by atoms with Crippen molar-refractivity contribution in [3.8, 4) is 11.1 Å². The highest BCUT2D eigenvalue weighted by Gasteiger charge is 2.34. The van der Waals surface area contributed by atoms with Crippen molar-refractivity contribution < 1.29 is 41.3 Å². The van der Waals surface area contributed by atoms with Crippen LogP contribution < -0.4 is 5.32 Å². The van der Waals surface area contributed by atoms with E-state index < -0.39 is 46.8 Å². The zero-order valence-electron chi connectivity index (χ0n) is 30.7. The zero-order valence-corrected chi connectivity index (χ0v) is 30.7. The van der Waals surface area contributed by atoms with Gasteiger partial charge in [-0.25, -0.2) is 22.0 Å². The molecule has 2 N–H and O–H groups in total. The number of nitrogens with zero attached hydrogens (tertiary/aromatic N) is 1. The second-order valence-corrected chi connectivity index (χ2v) is 13.9. The number of ether oxygens (including phenoxy) is 2. The van der Waals surface area contributed by atoms with Crippen molar-refractivity contribution >= 4 is 5.91 Å². The van der Waals surface area contributed by atoms with Gasteiger partial charge in [0.1, 0.15) is 5.56 Å². The SMILES string of the molecule is O=C(NCc1cccc(-c2cccc([C@H]3O[C@@H](CN(Cc4ccccc4)Cc4ccccc4)C[C@@H](c4ccc(CO)cc4)O3)c2)c1)c1c(F)c(F)c(F)c(F)c1F. The van der Waals surface area contributed by atoms with Crippen LogP contribution in [0.4, 0.5) is 22.0 Å². The Morgan fingerprint density at radius 1 is 0.614 bits per heavy atom. The third-order valence-electron chi connectivity index (χ3n) is 9.88. The highest BCUT2D eigenvalue weighted by atomic mass is 19.2. The predicted octanol–water partition coefficient (Wildman–Crippen LogP) is 9.72. The molecule has 0 aliphatic carbocycles. The van der Waals surface area contributed by atoms with Crippen LogP contribution in [-0.4, -0.2) is 28.6 Å². The monoisotopic (exact) mass is 778 g/mol. The van der Waals surface area contributed by atoms with Crippen molar-refractivity contribution in [2.24, 2.45) is 0 Å². The third-order valence-corrected chi connectivity index (χ3v) is 9.88. The summed E-state index contributed by atoms with van der Waals surface area (Å²) in [4.78, 5) is 15.0. The van der Waals surface area contributed by atoms with E-state index >= 15 is 0 Å². The Balaban J connectivity index is 1.12. The lowest BCUT2D eigenvalue weighted by Gasteiger charge is -2.38. The average molecular weight is 779 g/mol. The maximum absolute atomic E-state index is 14.3. The van der Waals surface area contributed by atoms with Gasteiger partial charge in [0.05, 0.1) is 18.8 Å². The molecule has 0 unspecified atom stereocenters. The summed E-state index contributed by atoms with van der Waals surface area (Å²) < 4.78 is 82.9. The highest BCUT2D eigenvalue weighted by Crippen LogP contribution is 2.39. The number of benzene rings is 6. The van der Waals surface area contributed by atoms with Gasteiger partial charge in [0.15, 0.2) is 29.6 Å². The molecule has 1 heterocycles. The van der Waals surface area contributed by atoms with Gasteiger partial charge in [0, 0.05) is 38.2 Å². The fraction of sp³-hybridized carbons (Fsp3) is 0.196. The van der Waals surface area contributed by atoms with Crippen LogP contribution in [0.3, 0.4) is 0 Å². The number of rotatable bonds is 13. The van der Waals surface area contributed by atoms with Gasteiger partial charge in [-0.3, -0.25) is 9.69 Å².